The molecule has 1 aliphatic carbocycles. The highest BCUT2D eigenvalue weighted by molar-refractivity contribution is 5.30. The second-order valence-electron chi connectivity index (χ2n) is 6.82. The molecule has 0 spiro atoms. The maximum absolute atomic E-state index is 10.3. The molecule has 2 aromatic rings. The first-order valence-corrected chi connectivity index (χ1v) is 7.36. The van der Waals surface area contributed by atoms with Crippen molar-refractivity contribution in [3.63, 3.8) is 0 Å². The van der Waals surface area contributed by atoms with Gasteiger partial charge in [0.15, 0.2) is 0 Å². The first-order chi connectivity index (χ1) is 9.46. The maximum Gasteiger partial charge on any atom is 0.105 e. The van der Waals surface area contributed by atoms with Crippen LogP contribution >= 0.6 is 0 Å². The number of hydrogen-bond acceptors (Lipinski definition) is 2. The minimum Gasteiger partial charge on any atom is -0.469 e. The normalized spacial score (nSPS) is 22.5. The largest absolute Gasteiger partial charge is 0.469 e. The third-order valence-corrected chi connectivity index (χ3v) is 4.36. The highest BCUT2D eigenvalue weighted by Gasteiger charge is 2.33. The molecule has 2 atom stereocenters. The first-order valence-electron chi connectivity index (χ1n) is 7.36. The molecule has 108 valence electrons. The van der Waals surface area contributed by atoms with Crippen molar-refractivity contribution in [1.82, 2.24) is 4.57 Å². The van der Waals surface area contributed by atoms with Gasteiger partial charge in [-0.05, 0) is 43.4 Å². The number of nitrogens with zero attached hydrogens (tertiary/aromatic N) is 1. The van der Waals surface area contributed by atoms with E-state index in [0.29, 0.717) is 6.04 Å². The summed E-state index contributed by atoms with van der Waals surface area (Å²) in [4.78, 5) is 0. The standard InChI is InChI=1S/C17H23NO2/c1-12(9-13-5-4-8-20-13)18-7-6-14-15(18)10-17(2,3)11-16(14)19/h4-8,12,16,19H,9-11H2,1-3H3. The summed E-state index contributed by atoms with van der Waals surface area (Å²) in [6.45, 7) is 6.66. The number of aliphatic hydroxyl groups is 1. The average Bonchev–Trinajstić information content (AvgIpc) is 2.96. The van der Waals surface area contributed by atoms with Crippen LogP contribution in [-0.4, -0.2) is 9.67 Å². The Balaban J connectivity index is 1.88. The fourth-order valence-electron chi connectivity index (χ4n) is 3.38. The molecule has 0 aromatic carbocycles. The Morgan fingerprint density at radius 2 is 2.25 bits per heavy atom. The molecule has 3 rings (SSSR count). The first kappa shape index (κ1) is 13.5. The zero-order valence-electron chi connectivity index (χ0n) is 12.5. The fraction of sp³-hybridized carbons (Fsp3) is 0.529. The van der Waals surface area contributed by atoms with Crippen molar-refractivity contribution in [2.45, 2.75) is 52.2 Å². The minimum atomic E-state index is -0.328. The molecule has 2 heterocycles. The highest BCUT2D eigenvalue weighted by atomic mass is 16.3. The molecule has 1 aliphatic rings. The number of hydrogen-bond donors (Lipinski definition) is 1. The van der Waals surface area contributed by atoms with E-state index in [-0.39, 0.29) is 11.5 Å². The van der Waals surface area contributed by atoms with E-state index in [0.717, 1.165) is 30.6 Å². The molecule has 0 saturated heterocycles. The summed E-state index contributed by atoms with van der Waals surface area (Å²) in [6.07, 6.45) is 6.25. The van der Waals surface area contributed by atoms with Crippen LogP contribution in [0.25, 0.3) is 0 Å². The van der Waals surface area contributed by atoms with Gasteiger partial charge in [-0.1, -0.05) is 13.8 Å². The Morgan fingerprint density at radius 3 is 2.95 bits per heavy atom. The van der Waals surface area contributed by atoms with Crippen molar-refractivity contribution in [3.8, 4) is 0 Å². The van der Waals surface area contributed by atoms with Crippen molar-refractivity contribution in [2.75, 3.05) is 0 Å². The van der Waals surface area contributed by atoms with Crippen LogP contribution in [0.15, 0.2) is 35.1 Å². The van der Waals surface area contributed by atoms with Gasteiger partial charge in [-0.15, -0.1) is 0 Å². The summed E-state index contributed by atoms with van der Waals surface area (Å²) < 4.78 is 7.75. The van der Waals surface area contributed by atoms with Crippen LogP contribution in [0, 0.1) is 5.41 Å². The molecular formula is C17H23NO2. The van der Waals surface area contributed by atoms with Gasteiger partial charge in [-0.2, -0.15) is 0 Å². The SMILES string of the molecule is CC(Cc1ccco1)n1ccc2c1CC(C)(C)CC2O. The molecule has 2 aromatic heterocycles. The van der Waals surface area contributed by atoms with Crippen molar-refractivity contribution >= 4 is 0 Å². The molecule has 0 saturated carbocycles. The van der Waals surface area contributed by atoms with Crippen LogP contribution in [0.5, 0.6) is 0 Å². The fourth-order valence-corrected chi connectivity index (χ4v) is 3.38. The van der Waals surface area contributed by atoms with E-state index < -0.39 is 0 Å². The van der Waals surface area contributed by atoms with Gasteiger partial charge in [-0.25, -0.2) is 0 Å². The van der Waals surface area contributed by atoms with Crippen LogP contribution in [-0.2, 0) is 12.8 Å². The van der Waals surface area contributed by atoms with Gasteiger partial charge in [-0.3, -0.25) is 0 Å². The second kappa shape index (κ2) is 4.81. The smallest absolute Gasteiger partial charge is 0.105 e. The van der Waals surface area contributed by atoms with Crippen LogP contribution in [0.4, 0.5) is 0 Å². The molecule has 0 bridgehead atoms. The number of fused-ring (bicyclic) bond motifs is 1. The van der Waals surface area contributed by atoms with E-state index in [9.17, 15) is 5.11 Å². The average molecular weight is 273 g/mol. The van der Waals surface area contributed by atoms with E-state index in [2.05, 4.69) is 37.6 Å². The van der Waals surface area contributed by atoms with Crippen LogP contribution in [0.2, 0.25) is 0 Å². The number of aliphatic hydroxyl groups excluding tert-OH is 1. The summed E-state index contributed by atoms with van der Waals surface area (Å²) in [5.74, 6) is 1.01. The lowest BCUT2D eigenvalue weighted by Gasteiger charge is -2.34. The van der Waals surface area contributed by atoms with Gasteiger partial charge in [0.25, 0.3) is 0 Å². The van der Waals surface area contributed by atoms with Crippen molar-refractivity contribution in [2.24, 2.45) is 5.41 Å². The third-order valence-electron chi connectivity index (χ3n) is 4.36. The van der Waals surface area contributed by atoms with Crippen molar-refractivity contribution < 1.29 is 9.52 Å². The molecule has 1 N–H and O–H groups in total. The summed E-state index contributed by atoms with van der Waals surface area (Å²) in [7, 11) is 0. The lowest BCUT2D eigenvalue weighted by molar-refractivity contribution is 0.0975. The zero-order valence-corrected chi connectivity index (χ0v) is 12.5. The molecule has 0 radical (unpaired) electrons. The predicted octanol–water partition coefficient (Wildman–Crippen LogP) is 3.89. The summed E-state index contributed by atoms with van der Waals surface area (Å²) in [6, 6.07) is 6.37. The summed E-state index contributed by atoms with van der Waals surface area (Å²) >= 11 is 0. The van der Waals surface area contributed by atoms with Gasteiger partial charge in [0.1, 0.15) is 5.76 Å². The van der Waals surface area contributed by atoms with Crippen LogP contribution in [0.3, 0.4) is 0 Å². The third kappa shape index (κ3) is 2.42. The quantitative estimate of drug-likeness (QED) is 0.921. The van der Waals surface area contributed by atoms with Gasteiger partial charge in [0.2, 0.25) is 0 Å². The zero-order chi connectivity index (χ0) is 14.3. The van der Waals surface area contributed by atoms with Crippen LogP contribution in [0.1, 0.15) is 56.4 Å². The number of furan rings is 1. The van der Waals surface area contributed by atoms with E-state index >= 15 is 0 Å². The molecule has 3 heteroatoms. The molecular weight excluding hydrogens is 250 g/mol. The lowest BCUT2D eigenvalue weighted by atomic mass is 9.75. The summed E-state index contributed by atoms with van der Waals surface area (Å²) in [5.41, 5.74) is 2.55. The Bertz CT molecular complexity index is 580. The Hall–Kier alpha value is -1.48. The van der Waals surface area contributed by atoms with Gasteiger partial charge >= 0.3 is 0 Å². The minimum absolute atomic E-state index is 0.160. The van der Waals surface area contributed by atoms with Crippen molar-refractivity contribution in [3.05, 3.63) is 47.7 Å². The molecule has 3 nitrogen and oxygen atoms in total. The maximum atomic E-state index is 10.3. The summed E-state index contributed by atoms with van der Waals surface area (Å²) in [5, 5.41) is 10.3. The number of rotatable bonds is 3. The van der Waals surface area contributed by atoms with Gasteiger partial charge < -0.3 is 14.1 Å². The van der Waals surface area contributed by atoms with Gasteiger partial charge in [0, 0.05) is 29.9 Å². The topological polar surface area (TPSA) is 38.3 Å². The molecule has 0 fully saturated rings. The van der Waals surface area contributed by atoms with E-state index in [1.807, 2.05) is 12.1 Å². The Morgan fingerprint density at radius 1 is 1.45 bits per heavy atom. The highest BCUT2D eigenvalue weighted by Crippen LogP contribution is 2.42. The van der Waals surface area contributed by atoms with Crippen molar-refractivity contribution in [1.29, 1.82) is 0 Å². The van der Waals surface area contributed by atoms with E-state index in [4.69, 9.17) is 4.42 Å². The Kier molecular flexibility index (Phi) is 3.25. The molecule has 20 heavy (non-hydrogen) atoms. The lowest BCUT2D eigenvalue weighted by Crippen LogP contribution is -2.27. The van der Waals surface area contributed by atoms with E-state index in [1.165, 1.54) is 5.69 Å². The Labute approximate surface area is 120 Å². The second-order valence-corrected chi connectivity index (χ2v) is 6.82. The monoisotopic (exact) mass is 273 g/mol. The van der Waals surface area contributed by atoms with Gasteiger partial charge in [0.05, 0.1) is 12.4 Å². The molecule has 0 aliphatic heterocycles. The molecule has 0 amide bonds. The predicted molar refractivity (Wildman–Crippen MR) is 78.6 cm³/mol. The van der Waals surface area contributed by atoms with Crippen LogP contribution < -0.4 is 0 Å². The number of aromatic nitrogens is 1. The van der Waals surface area contributed by atoms with E-state index in [1.54, 1.807) is 6.26 Å². The molecule has 2 unspecified atom stereocenters.